The number of fused-ring (bicyclic) bond motifs is 1. The van der Waals surface area contributed by atoms with E-state index in [1.54, 1.807) is 11.1 Å². The Hall–Kier alpha value is -2.30. The van der Waals surface area contributed by atoms with Crippen molar-refractivity contribution in [2.75, 3.05) is 6.54 Å². The number of ether oxygens (including phenoxy) is 1. The molecule has 0 atom stereocenters. The minimum absolute atomic E-state index is 0.237. The van der Waals surface area contributed by atoms with Gasteiger partial charge in [-0.25, -0.2) is 4.79 Å². The largest absolute Gasteiger partial charge is 0.444 e. The van der Waals surface area contributed by atoms with Crippen LogP contribution in [0.3, 0.4) is 0 Å². The first kappa shape index (κ1) is 15.6. The zero-order valence-electron chi connectivity index (χ0n) is 14.2. The van der Waals surface area contributed by atoms with Gasteiger partial charge >= 0.3 is 6.09 Å². The zero-order valence-corrected chi connectivity index (χ0v) is 14.2. The Kier molecular flexibility index (Phi) is 3.88. The van der Waals surface area contributed by atoms with Gasteiger partial charge in [0.05, 0.1) is 5.69 Å². The highest BCUT2D eigenvalue weighted by atomic mass is 16.6. The number of benzene rings is 1. The smallest absolute Gasteiger partial charge is 0.410 e. The van der Waals surface area contributed by atoms with Gasteiger partial charge < -0.3 is 9.64 Å². The highest BCUT2D eigenvalue weighted by Gasteiger charge is 2.25. The van der Waals surface area contributed by atoms with Gasteiger partial charge in [0.25, 0.3) is 0 Å². The highest BCUT2D eigenvalue weighted by molar-refractivity contribution is 5.69. The van der Waals surface area contributed by atoms with Crippen molar-refractivity contribution < 1.29 is 9.53 Å². The van der Waals surface area contributed by atoms with Crippen molar-refractivity contribution in [1.29, 1.82) is 0 Å². The topological polar surface area (TPSA) is 47.4 Å². The van der Waals surface area contributed by atoms with Gasteiger partial charge in [-0.05, 0) is 50.5 Å². The number of rotatable bonds is 1. The Balaban J connectivity index is 1.78. The van der Waals surface area contributed by atoms with E-state index in [-0.39, 0.29) is 6.09 Å². The highest BCUT2D eigenvalue weighted by Crippen LogP contribution is 2.26. The molecular weight excluding hydrogens is 290 g/mol. The lowest BCUT2D eigenvalue weighted by Gasteiger charge is -2.31. The zero-order chi connectivity index (χ0) is 16.6. The van der Waals surface area contributed by atoms with Crippen LogP contribution >= 0.6 is 0 Å². The summed E-state index contributed by atoms with van der Waals surface area (Å²) in [5.41, 5.74) is 4.29. The lowest BCUT2D eigenvalue weighted by Crippen LogP contribution is -2.39. The molecule has 0 spiro atoms. The molecule has 0 unspecified atom stereocenters. The third kappa shape index (κ3) is 3.38. The van der Waals surface area contributed by atoms with Crippen LogP contribution in [0.1, 0.15) is 31.9 Å². The minimum Gasteiger partial charge on any atom is -0.444 e. The molecule has 122 valence electrons. The molecule has 2 aromatic rings. The van der Waals surface area contributed by atoms with Crippen molar-refractivity contribution in [2.45, 2.75) is 39.3 Å². The second-order valence-electron chi connectivity index (χ2n) is 6.98. The van der Waals surface area contributed by atoms with Gasteiger partial charge in [-0.1, -0.05) is 12.1 Å². The summed E-state index contributed by atoms with van der Waals surface area (Å²) in [6, 6.07) is 8.42. The number of carbonyl (C=O) groups excluding carboxylic acids is 1. The first-order chi connectivity index (χ1) is 10.8. The lowest BCUT2D eigenvalue weighted by atomic mass is 9.96. The fourth-order valence-corrected chi connectivity index (χ4v) is 2.85. The molecule has 23 heavy (non-hydrogen) atoms. The average molecular weight is 313 g/mol. The molecule has 0 radical (unpaired) electrons. The Morgan fingerprint density at radius 2 is 2.00 bits per heavy atom. The summed E-state index contributed by atoms with van der Waals surface area (Å²) >= 11 is 0. The number of aryl methyl sites for hydroxylation is 1. The number of hydrogen-bond acceptors (Lipinski definition) is 3. The summed E-state index contributed by atoms with van der Waals surface area (Å²) in [6.45, 7) is 6.97. The van der Waals surface area contributed by atoms with E-state index in [2.05, 4.69) is 23.3 Å². The first-order valence-electron chi connectivity index (χ1n) is 7.91. The molecule has 0 saturated heterocycles. The van der Waals surface area contributed by atoms with Crippen molar-refractivity contribution in [3.63, 3.8) is 0 Å². The molecule has 3 rings (SSSR count). The molecule has 5 heteroatoms. The van der Waals surface area contributed by atoms with Crippen LogP contribution in [0.25, 0.3) is 11.3 Å². The van der Waals surface area contributed by atoms with Crippen molar-refractivity contribution >= 4 is 6.09 Å². The third-order valence-corrected chi connectivity index (χ3v) is 3.99. The molecule has 1 aliphatic rings. The third-order valence-electron chi connectivity index (χ3n) is 3.99. The van der Waals surface area contributed by atoms with Crippen LogP contribution in [0.5, 0.6) is 0 Å². The standard InChI is InChI=1S/C18H23N3O2/c1-18(2,3)23-17(22)21-10-8-13-11-14(5-6-15(13)12-21)16-7-9-19-20(16)4/h5-7,9,11H,8,10,12H2,1-4H3. The second-order valence-corrected chi connectivity index (χ2v) is 6.98. The second kappa shape index (κ2) is 5.72. The number of nitrogens with zero attached hydrogens (tertiary/aromatic N) is 3. The number of hydrogen-bond donors (Lipinski definition) is 0. The summed E-state index contributed by atoms with van der Waals surface area (Å²) in [7, 11) is 1.94. The molecule has 2 heterocycles. The summed E-state index contributed by atoms with van der Waals surface area (Å²) in [5.74, 6) is 0. The van der Waals surface area contributed by atoms with Gasteiger partial charge in [0, 0.05) is 31.9 Å². The van der Waals surface area contributed by atoms with Crippen molar-refractivity contribution in [3.8, 4) is 11.3 Å². The normalized spacial score (nSPS) is 14.5. The molecule has 0 bridgehead atoms. The summed E-state index contributed by atoms with van der Waals surface area (Å²) in [6.07, 6.45) is 2.41. The molecule has 5 nitrogen and oxygen atoms in total. The Bertz CT molecular complexity index is 728. The summed E-state index contributed by atoms with van der Waals surface area (Å²) in [5, 5.41) is 4.22. The Labute approximate surface area is 136 Å². The van der Waals surface area contributed by atoms with Crippen LogP contribution in [-0.2, 0) is 24.8 Å². The molecule has 0 aliphatic carbocycles. The van der Waals surface area contributed by atoms with Crippen LogP contribution in [0.15, 0.2) is 30.5 Å². The molecule has 1 aromatic carbocycles. The van der Waals surface area contributed by atoms with E-state index in [1.165, 1.54) is 11.1 Å². The Morgan fingerprint density at radius 3 is 2.65 bits per heavy atom. The van der Waals surface area contributed by atoms with Crippen LogP contribution in [0.2, 0.25) is 0 Å². The summed E-state index contributed by atoms with van der Waals surface area (Å²) < 4.78 is 7.34. The van der Waals surface area contributed by atoms with Crippen LogP contribution in [0.4, 0.5) is 4.79 Å². The van der Waals surface area contributed by atoms with Crippen LogP contribution < -0.4 is 0 Å². The van der Waals surface area contributed by atoms with E-state index < -0.39 is 5.60 Å². The maximum Gasteiger partial charge on any atom is 0.410 e. The van der Waals surface area contributed by atoms with Crippen molar-refractivity contribution in [3.05, 3.63) is 41.6 Å². The number of carbonyl (C=O) groups is 1. The van der Waals surface area contributed by atoms with Gasteiger partial charge in [-0.3, -0.25) is 4.68 Å². The fourth-order valence-electron chi connectivity index (χ4n) is 2.85. The van der Waals surface area contributed by atoms with Gasteiger partial charge in [0.15, 0.2) is 0 Å². The molecule has 0 fully saturated rings. The molecule has 0 N–H and O–H groups in total. The average Bonchev–Trinajstić information content (AvgIpc) is 2.90. The van der Waals surface area contributed by atoms with E-state index in [0.29, 0.717) is 13.1 Å². The maximum atomic E-state index is 12.2. The molecular formula is C18H23N3O2. The van der Waals surface area contributed by atoms with Gasteiger partial charge in [-0.2, -0.15) is 5.10 Å². The molecule has 0 saturated carbocycles. The SMILES string of the molecule is Cn1nccc1-c1ccc2c(c1)CCN(C(=O)OC(C)(C)C)C2. The first-order valence-corrected chi connectivity index (χ1v) is 7.91. The van der Waals surface area contributed by atoms with Gasteiger partial charge in [0.2, 0.25) is 0 Å². The van der Waals surface area contributed by atoms with Crippen LogP contribution in [0, 0.1) is 0 Å². The lowest BCUT2D eigenvalue weighted by molar-refractivity contribution is 0.0224. The predicted molar refractivity (Wildman–Crippen MR) is 89.0 cm³/mol. The Morgan fingerprint density at radius 1 is 1.22 bits per heavy atom. The van der Waals surface area contributed by atoms with Gasteiger partial charge in [0.1, 0.15) is 5.60 Å². The number of aromatic nitrogens is 2. The van der Waals surface area contributed by atoms with E-state index in [0.717, 1.165) is 17.7 Å². The van der Waals surface area contributed by atoms with Crippen LogP contribution in [-0.4, -0.2) is 32.9 Å². The maximum absolute atomic E-state index is 12.2. The predicted octanol–water partition coefficient (Wildman–Crippen LogP) is 3.38. The van der Waals surface area contributed by atoms with Crippen molar-refractivity contribution in [1.82, 2.24) is 14.7 Å². The summed E-state index contributed by atoms with van der Waals surface area (Å²) in [4.78, 5) is 14.0. The van der Waals surface area contributed by atoms with Crippen molar-refractivity contribution in [2.24, 2.45) is 7.05 Å². The number of amides is 1. The molecule has 1 aliphatic heterocycles. The quantitative estimate of drug-likeness (QED) is 0.811. The fraction of sp³-hybridized carbons (Fsp3) is 0.444. The molecule has 1 aromatic heterocycles. The van der Waals surface area contributed by atoms with Gasteiger partial charge in [-0.15, -0.1) is 0 Å². The monoisotopic (exact) mass is 313 g/mol. The van der Waals surface area contributed by atoms with E-state index >= 15 is 0 Å². The molecule has 1 amide bonds. The minimum atomic E-state index is -0.458. The van der Waals surface area contributed by atoms with E-state index in [4.69, 9.17) is 4.74 Å². The van der Waals surface area contributed by atoms with E-state index in [9.17, 15) is 4.79 Å². The van der Waals surface area contributed by atoms with E-state index in [1.807, 2.05) is 38.6 Å².